The van der Waals surface area contributed by atoms with Crippen LogP contribution < -0.4 is 4.90 Å². The Kier molecular flexibility index (Phi) is 6.38. The minimum absolute atomic E-state index is 0.286. The molecular formula is C30H22BrNO5. The number of benzene rings is 5. The third-order valence-electron chi connectivity index (χ3n) is 6.06. The van der Waals surface area contributed by atoms with E-state index in [2.05, 4.69) is 15.9 Å². The number of aromatic hydroxyl groups is 5. The topological polar surface area (TPSA) is 104 Å². The average Bonchev–Trinajstić information content (AvgIpc) is 2.94. The number of phenolic OH excluding ortho intramolecular Hbond substituents is 5. The molecule has 0 aliphatic rings. The summed E-state index contributed by atoms with van der Waals surface area (Å²) in [5.74, 6) is -4.47. The SMILES string of the molecule is Oc1c(O)c(O)c(N(c2ccc(-c3ccccc3)cc2)c2cccc(-c3cccc(Br)c3)c2)c(O)c1O. The molecule has 6 nitrogen and oxygen atoms in total. The first kappa shape index (κ1) is 24.1. The van der Waals surface area contributed by atoms with Gasteiger partial charge >= 0.3 is 0 Å². The quantitative estimate of drug-likeness (QED) is 0.112. The molecule has 5 rings (SSSR count). The van der Waals surface area contributed by atoms with E-state index in [1.807, 2.05) is 84.9 Å². The molecule has 0 fully saturated rings. The third kappa shape index (κ3) is 4.52. The number of hydrogen-bond donors (Lipinski definition) is 5. The summed E-state index contributed by atoms with van der Waals surface area (Å²) in [6, 6.07) is 32.3. The molecule has 184 valence electrons. The van der Waals surface area contributed by atoms with Gasteiger partial charge in [-0.2, -0.15) is 0 Å². The second-order valence-corrected chi connectivity index (χ2v) is 9.32. The predicted octanol–water partition coefficient (Wildman–Crippen LogP) is 7.78. The molecule has 0 radical (unpaired) electrons. The van der Waals surface area contributed by atoms with Gasteiger partial charge in [-0.1, -0.05) is 82.7 Å². The normalized spacial score (nSPS) is 10.8. The first-order valence-corrected chi connectivity index (χ1v) is 12.1. The number of anilines is 3. The van der Waals surface area contributed by atoms with Crippen LogP contribution in [0.25, 0.3) is 22.3 Å². The van der Waals surface area contributed by atoms with Gasteiger partial charge in [0.1, 0.15) is 5.69 Å². The highest BCUT2D eigenvalue weighted by molar-refractivity contribution is 9.10. The molecule has 5 aromatic rings. The zero-order valence-corrected chi connectivity index (χ0v) is 21.0. The van der Waals surface area contributed by atoms with Gasteiger partial charge in [-0.05, 0) is 58.7 Å². The highest BCUT2D eigenvalue weighted by Crippen LogP contribution is 2.58. The number of hydrogen-bond acceptors (Lipinski definition) is 6. The zero-order chi connectivity index (χ0) is 26.1. The Hall–Kier alpha value is -4.62. The molecule has 0 atom stereocenters. The summed E-state index contributed by atoms with van der Waals surface area (Å²) in [6.07, 6.45) is 0. The minimum atomic E-state index is -1.01. The smallest absolute Gasteiger partial charge is 0.208 e. The van der Waals surface area contributed by atoms with Crippen LogP contribution in [0, 0.1) is 0 Å². The van der Waals surface area contributed by atoms with E-state index in [1.54, 1.807) is 18.2 Å². The largest absolute Gasteiger partial charge is 0.503 e. The Labute approximate surface area is 221 Å². The Morgan fingerprint density at radius 1 is 0.432 bits per heavy atom. The van der Waals surface area contributed by atoms with Crippen LogP contribution in [0.3, 0.4) is 0 Å². The first-order valence-electron chi connectivity index (χ1n) is 11.4. The lowest BCUT2D eigenvalue weighted by Gasteiger charge is -2.28. The number of halogens is 1. The summed E-state index contributed by atoms with van der Waals surface area (Å²) in [4.78, 5) is 1.50. The van der Waals surface area contributed by atoms with Crippen molar-refractivity contribution in [3.8, 4) is 51.0 Å². The fraction of sp³-hybridized carbons (Fsp3) is 0. The maximum Gasteiger partial charge on any atom is 0.208 e. The van der Waals surface area contributed by atoms with Crippen molar-refractivity contribution in [1.29, 1.82) is 0 Å². The molecule has 0 heterocycles. The number of phenols is 5. The van der Waals surface area contributed by atoms with Gasteiger partial charge in [-0.3, -0.25) is 0 Å². The molecule has 0 aliphatic heterocycles. The molecule has 0 saturated heterocycles. The standard InChI is InChI=1S/C30H22BrNO5/c31-22-10-4-8-20(16-22)21-9-5-11-24(17-21)32(25-26(33)28(35)30(37)29(36)27(25)34)23-14-12-19(13-15-23)18-6-2-1-3-7-18/h1-17,33-37H. The molecule has 0 saturated carbocycles. The van der Waals surface area contributed by atoms with Gasteiger partial charge in [-0.25, -0.2) is 0 Å². The van der Waals surface area contributed by atoms with E-state index in [0.29, 0.717) is 11.4 Å². The second kappa shape index (κ2) is 9.79. The van der Waals surface area contributed by atoms with Gasteiger partial charge < -0.3 is 30.4 Å². The third-order valence-corrected chi connectivity index (χ3v) is 6.56. The monoisotopic (exact) mass is 555 g/mol. The Bertz CT molecular complexity index is 1560. The van der Waals surface area contributed by atoms with Crippen LogP contribution in [0.4, 0.5) is 17.1 Å². The molecule has 0 spiro atoms. The maximum atomic E-state index is 10.8. The number of rotatable bonds is 5. The summed E-state index contributed by atoms with van der Waals surface area (Å²) >= 11 is 3.49. The first-order chi connectivity index (χ1) is 17.8. The highest BCUT2D eigenvalue weighted by atomic mass is 79.9. The lowest BCUT2D eigenvalue weighted by molar-refractivity contribution is 0.329. The Morgan fingerprint density at radius 3 is 1.57 bits per heavy atom. The van der Waals surface area contributed by atoms with Crippen LogP contribution in [0.1, 0.15) is 0 Å². The maximum absolute atomic E-state index is 10.8. The van der Waals surface area contributed by atoms with Crippen molar-refractivity contribution >= 4 is 33.0 Å². The van der Waals surface area contributed by atoms with E-state index in [4.69, 9.17) is 0 Å². The van der Waals surface area contributed by atoms with Gasteiger partial charge in [-0.15, -0.1) is 0 Å². The molecule has 7 heteroatoms. The van der Waals surface area contributed by atoms with Gasteiger partial charge in [0.05, 0.1) is 0 Å². The fourth-order valence-corrected chi connectivity index (χ4v) is 4.62. The fourth-order valence-electron chi connectivity index (χ4n) is 4.22. The van der Waals surface area contributed by atoms with Gasteiger partial charge in [0, 0.05) is 15.8 Å². The van der Waals surface area contributed by atoms with Crippen molar-refractivity contribution in [2.45, 2.75) is 0 Å². The van der Waals surface area contributed by atoms with Crippen LogP contribution in [0.15, 0.2) is 108 Å². The van der Waals surface area contributed by atoms with Crippen molar-refractivity contribution in [1.82, 2.24) is 0 Å². The van der Waals surface area contributed by atoms with Crippen molar-refractivity contribution in [2.24, 2.45) is 0 Å². The Balaban J connectivity index is 1.71. The van der Waals surface area contributed by atoms with E-state index in [-0.39, 0.29) is 5.69 Å². The van der Waals surface area contributed by atoms with Crippen LogP contribution in [0.2, 0.25) is 0 Å². The van der Waals surface area contributed by atoms with Crippen LogP contribution in [0.5, 0.6) is 28.7 Å². The molecule has 0 aliphatic carbocycles. The molecule has 37 heavy (non-hydrogen) atoms. The van der Waals surface area contributed by atoms with Crippen LogP contribution in [-0.4, -0.2) is 25.5 Å². The molecule has 0 aromatic heterocycles. The lowest BCUT2D eigenvalue weighted by atomic mass is 10.0. The predicted molar refractivity (Wildman–Crippen MR) is 148 cm³/mol. The van der Waals surface area contributed by atoms with E-state index in [0.717, 1.165) is 26.7 Å². The van der Waals surface area contributed by atoms with Crippen molar-refractivity contribution < 1.29 is 25.5 Å². The summed E-state index contributed by atoms with van der Waals surface area (Å²) in [5, 5.41) is 52.1. The van der Waals surface area contributed by atoms with Crippen molar-refractivity contribution in [3.05, 3.63) is 108 Å². The molecule has 0 unspecified atom stereocenters. The van der Waals surface area contributed by atoms with Crippen molar-refractivity contribution in [2.75, 3.05) is 4.90 Å². The van der Waals surface area contributed by atoms with Gasteiger partial charge in [0.25, 0.3) is 0 Å². The zero-order valence-electron chi connectivity index (χ0n) is 19.4. The second-order valence-electron chi connectivity index (χ2n) is 8.40. The molecular weight excluding hydrogens is 534 g/mol. The van der Waals surface area contributed by atoms with E-state index in [1.165, 1.54) is 4.90 Å². The van der Waals surface area contributed by atoms with E-state index >= 15 is 0 Å². The Morgan fingerprint density at radius 2 is 0.946 bits per heavy atom. The minimum Gasteiger partial charge on any atom is -0.503 e. The van der Waals surface area contributed by atoms with Gasteiger partial charge in [0.15, 0.2) is 11.5 Å². The summed E-state index contributed by atoms with van der Waals surface area (Å²) in [5.41, 5.74) is 4.53. The molecule has 0 amide bonds. The van der Waals surface area contributed by atoms with E-state index in [9.17, 15) is 25.5 Å². The number of nitrogens with zero attached hydrogens (tertiary/aromatic N) is 1. The van der Waals surface area contributed by atoms with E-state index < -0.39 is 28.7 Å². The summed E-state index contributed by atoms with van der Waals surface area (Å²) < 4.78 is 0.910. The van der Waals surface area contributed by atoms with Crippen molar-refractivity contribution in [3.63, 3.8) is 0 Å². The molecule has 5 aromatic carbocycles. The van der Waals surface area contributed by atoms with Gasteiger partial charge in [0.2, 0.25) is 17.2 Å². The summed E-state index contributed by atoms with van der Waals surface area (Å²) in [6.45, 7) is 0. The molecule has 0 bridgehead atoms. The molecule has 5 N–H and O–H groups in total. The highest BCUT2D eigenvalue weighted by Gasteiger charge is 2.29. The average molecular weight is 556 g/mol. The summed E-state index contributed by atoms with van der Waals surface area (Å²) in [7, 11) is 0. The van der Waals surface area contributed by atoms with Crippen LogP contribution >= 0.6 is 15.9 Å². The van der Waals surface area contributed by atoms with Crippen LogP contribution in [-0.2, 0) is 0 Å². The lowest BCUT2D eigenvalue weighted by Crippen LogP contribution is -2.11.